The van der Waals surface area contributed by atoms with E-state index in [0.717, 1.165) is 23.1 Å². The van der Waals surface area contributed by atoms with Crippen LogP contribution in [0.2, 0.25) is 5.02 Å². The Hall–Kier alpha value is -3.51. The molecule has 0 saturated carbocycles. The first-order valence-corrected chi connectivity index (χ1v) is 13.2. The van der Waals surface area contributed by atoms with Crippen LogP contribution in [0.5, 0.6) is 11.5 Å². The van der Waals surface area contributed by atoms with E-state index in [9.17, 15) is 9.59 Å². The summed E-state index contributed by atoms with van der Waals surface area (Å²) in [5.41, 5.74) is 2.65. The minimum absolute atomic E-state index is 0.110. The van der Waals surface area contributed by atoms with E-state index in [1.807, 2.05) is 48.5 Å². The van der Waals surface area contributed by atoms with Crippen molar-refractivity contribution in [1.29, 1.82) is 0 Å². The van der Waals surface area contributed by atoms with Crippen LogP contribution in [0.25, 0.3) is 0 Å². The fraction of sp³-hybridized carbons (Fsp3) is 0.355. The highest BCUT2D eigenvalue weighted by Gasteiger charge is 2.30. The number of nitrogens with zero attached hydrogens (tertiary/aromatic N) is 1. The van der Waals surface area contributed by atoms with Crippen LogP contribution in [0, 0.1) is 5.92 Å². The lowest BCUT2D eigenvalue weighted by atomic mass is 10.0. The average molecular weight is 537 g/mol. The zero-order chi connectivity index (χ0) is 27.5. The Bertz CT molecular complexity index is 1180. The molecule has 1 atom stereocenters. The normalized spacial score (nSPS) is 11.6. The summed E-state index contributed by atoms with van der Waals surface area (Å²) in [5.74, 6) is 1.28. The lowest BCUT2D eigenvalue weighted by Gasteiger charge is -2.32. The molecule has 3 aromatic rings. The van der Waals surface area contributed by atoms with E-state index in [1.54, 1.807) is 43.4 Å². The number of hydrogen-bond donors (Lipinski definition) is 1. The topological polar surface area (TPSA) is 67.9 Å². The van der Waals surface area contributed by atoms with Gasteiger partial charge < -0.3 is 19.7 Å². The maximum absolute atomic E-state index is 13.9. The van der Waals surface area contributed by atoms with Crippen molar-refractivity contribution in [2.75, 3.05) is 20.8 Å². The summed E-state index contributed by atoms with van der Waals surface area (Å²) < 4.78 is 10.8. The average Bonchev–Trinajstić information content (AvgIpc) is 2.91. The van der Waals surface area contributed by atoms with E-state index in [0.29, 0.717) is 35.4 Å². The molecule has 7 heteroatoms. The number of benzene rings is 3. The largest absolute Gasteiger partial charge is 0.493 e. The third kappa shape index (κ3) is 8.52. The molecule has 0 fully saturated rings. The van der Waals surface area contributed by atoms with Crippen LogP contribution in [0.1, 0.15) is 37.0 Å². The van der Waals surface area contributed by atoms with Gasteiger partial charge in [0.15, 0.2) is 11.5 Å². The molecule has 202 valence electrons. The molecule has 2 amide bonds. The number of methoxy groups -OCH3 is 2. The molecule has 0 heterocycles. The van der Waals surface area contributed by atoms with E-state index < -0.39 is 6.04 Å². The van der Waals surface area contributed by atoms with Crippen LogP contribution in [-0.2, 0) is 29.0 Å². The Labute approximate surface area is 230 Å². The summed E-state index contributed by atoms with van der Waals surface area (Å²) in [6, 6.07) is 21.9. The van der Waals surface area contributed by atoms with Gasteiger partial charge in [-0.1, -0.05) is 74.0 Å². The third-order valence-electron chi connectivity index (χ3n) is 6.36. The van der Waals surface area contributed by atoms with Gasteiger partial charge >= 0.3 is 0 Å². The molecule has 0 unspecified atom stereocenters. The van der Waals surface area contributed by atoms with Gasteiger partial charge in [0, 0.05) is 24.5 Å². The predicted molar refractivity (Wildman–Crippen MR) is 152 cm³/mol. The van der Waals surface area contributed by atoms with Crippen molar-refractivity contribution in [3.8, 4) is 11.5 Å². The smallest absolute Gasteiger partial charge is 0.243 e. The van der Waals surface area contributed by atoms with Crippen molar-refractivity contribution >= 4 is 23.4 Å². The summed E-state index contributed by atoms with van der Waals surface area (Å²) in [7, 11) is 3.14. The second-order valence-corrected chi connectivity index (χ2v) is 10.1. The van der Waals surface area contributed by atoms with Crippen LogP contribution in [-0.4, -0.2) is 43.5 Å². The highest BCUT2D eigenvalue weighted by Crippen LogP contribution is 2.28. The number of halogens is 1. The maximum Gasteiger partial charge on any atom is 0.243 e. The van der Waals surface area contributed by atoms with Crippen molar-refractivity contribution in [1.82, 2.24) is 10.2 Å². The van der Waals surface area contributed by atoms with Crippen LogP contribution in [0.4, 0.5) is 0 Å². The lowest BCUT2D eigenvalue weighted by Crippen LogP contribution is -2.51. The van der Waals surface area contributed by atoms with Gasteiger partial charge in [-0.2, -0.15) is 0 Å². The quantitative estimate of drug-likeness (QED) is 0.304. The molecule has 3 rings (SSSR count). The fourth-order valence-electron chi connectivity index (χ4n) is 4.21. The van der Waals surface area contributed by atoms with E-state index in [2.05, 4.69) is 19.2 Å². The monoisotopic (exact) mass is 536 g/mol. The molecule has 0 aliphatic heterocycles. The van der Waals surface area contributed by atoms with E-state index in [1.165, 1.54) is 0 Å². The molecular formula is C31H37ClN2O4. The Balaban J connectivity index is 1.95. The molecule has 38 heavy (non-hydrogen) atoms. The van der Waals surface area contributed by atoms with Crippen molar-refractivity contribution in [3.63, 3.8) is 0 Å². The number of carbonyl (C=O) groups excluding carboxylic acids is 2. The Morgan fingerprint density at radius 1 is 0.868 bits per heavy atom. The lowest BCUT2D eigenvalue weighted by molar-refractivity contribution is -0.140. The van der Waals surface area contributed by atoms with Crippen LogP contribution in [0.3, 0.4) is 0 Å². The number of ether oxygens (including phenoxy) is 2. The Kier molecular flexibility index (Phi) is 11.0. The first-order chi connectivity index (χ1) is 18.3. The maximum atomic E-state index is 13.9. The summed E-state index contributed by atoms with van der Waals surface area (Å²) in [4.78, 5) is 29.2. The van der Waals surface area contributed by atoms with Crippen molar-refractivity contribution < 1.29 is 19.1 Å². The van der Waals surface area contributed by atoms with Gasteiger partial charge in [-0.05, 0) is 53.3 Å². The van der Waals surface area contributed by atoms with E-state index in [-0.39, 0.29) is 24.8 Å². The van der Waals surface area contributed by atoms with Crippen molar-refractivity contribution in [3.05, 3.63) is 94.5 Å². The third-order valence-corrected chi connectivity index (χ3v) is 6.61. The van der Waals surface area contributed by atoms with Crippen LogP contribution >= 0.6 is 11.6 Å². The highest BCUT2D eigenvalue weighted by atomic mass is 35.5. The molecular weight excluding hydrogens is 500 g/mol. The summed E-state index contributed by atoms with van der Waals surface area (Å²) in [5, 5.41) is 3.69. The number of amides is 2. The number of rotatable bonds is 13. The minimum atomic E-state index is -0.687. The van der Waals surface area contributed by atoms with Gasteiger partial charge in [0.25, 0.3) is 0 Å². The SMILES string of the molecule is COc1ccc(CC(=O)N(Cc2ccc(Cl)cc2)[C@H](Cc2ccccc2)C(=O)NCCC(C)C)cc1OC. The summed E-state index contributed by atoms with van der Waals surface area (Å²) >= 11 is 6.11. The van der Waals surface area contributed by atoms with Gasteiger partial charge in [0.05, 0.1) is 20.6 Å². The number of carbonyl (C=O) groups is 2. The van der Waals surface area contributed by atoms with Crippen molar-refractivity contribution in [2.45, 2.75) is 45.7 Å². The highest BCUT2D eigenvalue weighted by molar-refractivity contribution is 6.30. The first kappa shape index (κ1) is 29.1. The molecule has 1 N–H and O–H groups in total. The zero-order valence-electron chi connectivity index (χ0n) is 22.6. The number of hydrogen-bond acceptors (Lipinski definition) is 4. The molecule has 0 bridgehead atoms. The molecule has 0 spiro atoms. The van der Waals surface area contributed by atoms with E-state index >= 15 is 0 Å². The van der Waals surface area contributed by atoms with E-state index in [4.69, 9.17) is 21.1 Å². The Morgan fingerprint density at radius 2 is 1.53 bits per heavy atom. The molecule has 0 aliphatic carbocycles. The zero-order valence-corrected chi connectivity index (χ0v) is 23.3. The minimum Gasteiger partial charge on any atom is -0.493 e. The second kappa shape index (κ2) is 14.4. The van der Waals surface area contributed by atoms with Crippen LogP contribution < -0.4 is 14.8 Å². The predicted octanol–water partition coefficient (Wildman–Crippen LogP) is 5.70. The molecule has 3 aromatic carbocycles. The summed E-state index contributed by atoms with van der Waals surface area (Å²) in [6.45, 7) is 5.07. The molecule has 0 aromatic heterocycles. The van der Waals surface area contributed by atoms with Gasteiger partial charge in [0.2, 0.25) is 11.8 Å². The summed E-state index contributed by atoms with van der Waals surface area (Å²) in [6.07, 6.45) is 1.37. The molecule has 0 saturated heterocycles. The standard InChI is InChI=1S/C31H37ClN2O4/c1-22(2)16-17-33-31(36)27(18-23-8-6-5-7-9-23)34(21-24-10-13-26(32)14-11-24)30(35)20-25-12-15-28(37-3)29(19-25)38-4/h5-15,19,22,27H,16-18,20-21H2,1-4H3,(H,33,36)/t27-/m1/s1. The molecule has 0 radical (unpaired) electrons. The van der Waals surface area contributed by atoms with Gasteiger partial charge in [-0.25, -0.2) is 0 Å². The van der Waals surface area contributed by atoms with Gasteiger partial charge in [0.1, 0.15) is 6.04 Å². The van der Waals surface area contributed by atoms with Crippen molar-refractivity contribution in [2.24, 2.45) is 5.92 Å². The molecule has 0 aliphatic rings. The first-order valence-electron chi connectivity index (χ1n) is 12.9. The van der Waals surface area contributed by atoms with Gasteiger partial charge in [-0.3, -0.25) is 9.59 Å². The molecule has 6 nitrogen and oxygen atoms in total. The Morgan fingerprint density at radius 3 is 2.16 bits per heavy atom. The number of nitrogens with one attached hydrogen (secondary N) is 1. The van der Waals surface area contributed by atoms with Crippen LogP contribution in [0.15, 0.2) is 72.8 Å². The fourth-order valence-corrected chi connectivity index (χ4v) is 4.34. The van der Waals surface area contributed by atoms with Gasteiger partial charge in [-0.15, -0.1) is 0 Å². The second-order valence-electron chi connectivity index (χ2n) is 9.69.